The van der Waals surface area contributed by atoms with Crippen molar-refractivity contribution < 1.29 is 47.1 Å². The number of halogens is 4. The molecule has 5 aromatic rings. The molecule has 0 fully saturated rings. The molecule has 294 valence electrons. The van der Waals surface area contributed by atoms with Gasteiger partial charge in [0.25, 0.3) is 0 Å². The maximum atomic E-state index is 5.84. The van der Waals surface area contributed by atoms with Crippen LogP contribution < -0.4 is 24.8 Å². The van der Waals surface area contributed by atoms with E-state index in [1.165, 1.54) is 77.2 Å². The van der Waals surface area contributed by atoms with Crippen LogP contribution in [0.5, 0.6) is 0 Å². The van der Waals surface area contributed by atoms with E-state index >= 15 is 0 Å². The second kappa shape index (κ2) is 18.2. The van der Waals surface area contributed by atoms with Gasteiger partial charge in [-0.2, -0.15) is 11.6 Å². The van der Waals surface area contributed by atoms with Gasteiger partial charge in [-0.05, 0) is 36.1 Å². The number of hydrogen-bond donors (Lipinski definition) is 0. The van der Waals surface area contributed by atoms with Crippen molar-refractivity contribution >= 4 is 63.3 Å². The van der Waals surface area contributed by atoms with Crippen LogP contribution in [0.15, 0.2) is 108 Å². The molecule has 5 heteroatoms. The third kappa shape index (κ3) is 10.2. The van der Waals surface area contributed by atoms with Gasteiger partial charge in [-0.15, -0.1) is 39.7 Å². The molecular weight excluding hydrogens is 846 g/mol. The maximum absolute atomic E-state index is 5.84. The molecule has 0 saturated carbocycles. The van der Waals surface area contributed by atoms with E-state index < -0.39 is 22.3 Å². The minimum atomic E-state index is -0.623. The molecule has 8 rings (SSSR count). The minimum Gasteiger partial charge on any atom is -1.00 e. The van der Waals surface area contributed by atoms with Crippen LogP contribution in [0.3, 0.4) is 0 Å². The van der Waals surface area contributed by atoms with E-state index in [1.807, 2.05) is 24.3 Å². The number of hydrogen-bond acceptors (Lipinski definition) is 0. The summed E-state index contributed by atoms with van der Waals surface area (Å²) in [5.74, 6) is 0.522. The van der Waals surface area contributed by atoms with Gasteiger partial charge in [0, 0.05) is 10.8 Å². The Bertz CT molecular complexity index is 2270. The molecule has 0 aliphatic heterocycles. The van der Waals surface area contributed by atoms with Crippen LogP contribution in [0.4, 0.5) is 0 Å². The molecule has 3 aliphatic rings. The van der Waals surface area contributed by atoms with Gasteiger partial charge in [-0.3, -0.25) is 6.08 Å². The fraction of sp³-hybridized carbons (Fsp3) is 0.314. The summed E-state index contributed by atoms with van der Waals surface area (Å²) in [5.41, 5.74) is 14.6. The molecule has 0 N–H and O–H groups in total. The second-order valence-corrected chi connectivity index (χ2v) is 20.5. The first-order valence-electron chi connectivity index (χ1n) is 19.3. The summed E-state index contributed by atoms with van der Waals surface area (Å²) >= 11 is 11.0. The van der Waals surface area contributed by atoms with E-state index in [1.54, 1.807) is 0 Å². The Morgan fingerprint density at radius 1 is 0.714 bits per heavy atom. The number of rotatable bonds is 3. The first kappa shape index (κ1) is 46.2. The fourth-order valence-corrected chi connectivity index (χ4v) is 10.7. The van der Waals surface area contributed by atoms with Crippen LogP contribution in [0.25, 0.3) is 32.7 Å². The predicted molar refractivity (Wildman–Crippen MR) is 237 cm³/mol. The number of allylic oxidation sites excluding steroid dienone is 8. The molecule has 0 radical (unpaired) electrons. The van der Waals surface area contributed by atoms with Crippen molar-refractivity contribution in [3.63, 3.8) is 0 Å². The van der Waals surface area contributed by atoms with E-state index in [0.717, 1.165) is 16.5 Å². The van der Waals surface area contributed by atoms with Gasteiger partial charge in [0.15, 0.2) is 0 Å². The minimum absolute atomic E-state index is 0. The van der Waals surface area contributed by atoms with Gasteiger partial charge in [-0.1, -0.05) is 115 Å². The summed E-state index contributed by atoms with van der Waals surface area (Å²) in [6.45, 7) is 25.0. The van der Waals surface area contributed by atoms with Crippen LogP contribution in [-0.2, 0) is 33.1 Å². The average molecular weight is 900 g/mol. The number of benzene rings is 4. The summed E-state index contributed by atoms with van der Waals surface area (Å²) in [4.78, 5) is 0. The summed E-state index contributed by atoms with van der Waals surface area (Å²) in [5, 5.41) is 7.14. The smallest absolute Gasteiger partial charge is 1.00 e. The summed E-state index contributed by atoms with van der Waals surface area (Å²) in [6, 6.07) is 28.0. The predicted octanol–water partition coefficient (Wildman–Crippen LogP) is 8.93. The SMILES string of the molecule is CC1=CC(C)(C)c2cc3[cH-]c4cc5c(cc4c3cc21)C(C)=CC5(C)C.CCC1=[C-]C(C)C=C1C(C)(C)C.Clc1ccc([CH]=[Zr]=[CH]c2ccc(Cl)cc2)cc1.[Cl-].[Cl-]. The topological polar surface area (TPSA) is 0 Å². The van der Waals surface area contributed by atoms with Crippen molar-refractivity contribution in [2.45, 2.75) is 93.4 Å². The summed E-state index contributed by atoms with van der Waals surface area (Å²) < 4.78 is 4.66. The monoisotopic (exact) mass is 896 g/mol. The molecule has 0 bridgehead atoms. The van der Waals surface area contributed by atoms with E-state index in [-0.39, 0.29) is 35.6 Å². The Balaban J connectivity index is 0.000000197. The zero-order chi connectivity index (χ0) is 39.2. The van der Waals surface area contributed by atoms with Gasteiger partial charge in [0.05, 0.1) is 0 Å². The zero-order valence-corrected chi connectivity index (χ0v) is 40.2. The summed E-state index contributed by atoms with van der Waals surface area (Å²) in [6.07, 6.45) is 11.8. The van der Waals surface area contributed by atoms with Crippen molar-refractivity contribution in [1.82, 2.24) is 0 Å². The molecule has 0 nitrogen and oxygen atoms in total. The third-order valence-corrected chi connectivity index (χ3v) is 13.9. The fourth-order valence-electron chi connectivity index (χ4n) is 8.31. The van der Waals surface area contributed by atoms with Crippen LogP contribution in [0.1, 0.15) is 116 Å². The molecule has 56 heavy (non-hydrogen) atoms. The van der Waals surface area contributed by atoms with Crippen LogP contribution in [0, 0.1) is 17.4 Å². The van der Waals surface area contributed by atoms with Crippen LogP contribution >= 0.6 is 23.2 Å². The quantitative estimate of drug-likeness (QED) is 0.159. The van der Waals surface area contributed by atoms with Gasteiger partial charge in [0.1, 0.15) is 0 Å². The van der Waals surface area contributed by atoms with Crippen molar-refractivity contribution in [3.05, 3.63) is 158 Å². The molecule has 3 aliphatic carbocycles. The average Bonchev–Trinajstić information content (AvgIpc) is 3.80. The van der Waals surface area contributed by atoms with Crippen molar-refractivity contribution in [2.24, 2.45) is 11.3 Å². The molecular formula is C51H54Cl4Zr-4. The molecule has 0 spiro atoms. The first-order chi connectivity index (χ1) is 25.4. The number of fused-ring (bicyclic) bond motifs is 5. The Kier molecular flexibility index (Phi) is 15.0. The van der Waals surface area contributed by atoms with Gasteiger partial charge < -0.3 is 24.8 Å². The third-order valence-electron chi connectivity index (χ3n) is 10.9. The second-order valence-electron chi connectivity index (χ2n) is 17.4. The molecule has 0 amide bonds. The summed E-state index contributed by atoms with van der Waals surface area (Å²) in [7, 11) is 0. The van der Waals surface area contributed by atoms with E-state index in [0.29, 0.717) is 11.3 Å². The first-order valence-corrected chi connectivity index (χ1v) is 22.9. The van der Waals surface area contributed by atoms with Gasteiger partial charge in [0.2, 0.25) is 0 Å². The normalized spacial score (nSPS) is 16.9. The van der Waals surface area contributed by atoms with Crippen molar-refractivity contribution in [3.8, 4) is 0 Å². The largest absolute Gasteiger partial charge is 1.00 e. The van der Waals surface area contributed by atoms with Gasteiger partial charge >= 0.3 is 123 Å². The van der Waals surface area contributed by atoms with Crippen molar-refractivity contribution in [1.29, 1.82) is 0 Å². The maximum Gasteiger partial charge on any atom is -1.00 e. The van der Waals surface area contributed by atoms with E-state index in [4.69, 9.17) is 23.2 Å². The molecule has 0 aromatic heterocycles. The molecule has 1 unspecified atom stereocenters. The molecule has 5 aromatic carbocycles. The standard InChI is InChI=1S/C25H25.C12H19.2C7H5Cl.2ClH.Zr/c1-14-12-24(3,4)22-8-16-7-17-9-23-19(15(2)13-25(23,5)6)11-21(17)20(16)10-18(14)22;1-6-10-7-9(2)8-11(10)12(3,4)5;2*1-6-2-4-7(8)5-3-6;;;/h7-13H,1-6H3;8-9H,6H2,1-5H3;2*1-5H;2*1H;/q2*-1;;;;;/p-2. The van der Waals surface area contributed by atoms with E-state index in [9.17, 15) is 0 Å². The zero-order valence-electron chi connectivity index (χ0n) is 34.7. The Hall–Kier alpha value is -2.51. The Morgan fingerprint density at radius 3 is 1.48 bits per heavy atom. The molecule has 0 heterocycles. The Labute approximate surface area is 369 Å². The Morgan fingerprint density at radius 2 is 1.12 bits per heavy atom. The van der Waals surface area contributed by atoms with E-state index in [2.05, 4.69) is 162 Å². The molecule has 1 atom stereocenters. The molecule has 0 saturated heterocycles. The van der Waals surface area contributed by atoms with Crippen LogP contribution in [0.2, 0.25) is 10.0 Å². The van der Waals surface area contributed by atoms with Crippen molar-refractivity contribution in [2.75, 3.05) is 0 Å². The van der Waals surface area contributed by atoms with Gasteiger partial charge in [-0.25, -0.2) is 5.57 Å². The van der Waals surface area contributed by atoms with Crippen LogP contribution in [-0.4, -0.2) is 7.42 Å².